The Morgan fingerprint density at radius 1 is 1.15 bits per heavy atom. The molecule has 3 heterocycles. The van der Waals surface area contributed by atoms with Crippen molar-refractivity contribution >= 4 is 29.3 Å². The molecule has 0 unspecified atom stereocenters. The van der Waals surface area contributed by atoms with Gasteiger partial charge in [0.2, 0.25) is 0 Å². The average molecular weight is 474 g/mol. The van der Waals surface area contributed by atoms with Crippen LogP contribution in [0.15, 0.2) is 24.5 Å². The number of nitrogens with zero attached hydrogens (tertiary/aromatic N) is 5. The number of likely N-dealkylation sites (N-methyl/N-ethyl adjacent to an activating group) is 1. The molecule has 1 aromatic heterocycles. The van der Waals surface area contributed by atoms with E-state index in [9.17, 15) is 9.59 Å². The lowest BCUT2D eigenvalue weighted by Crippen LogP contribution is -2.60. The van der Waals surface area contributed by atoms with E-state index >= 15 is 0 Å². The number of benzene rings is 1. The van der Waals surface area contributed by atoms with Gasteiger partial charge < -0.3 is 9.64 Å². The van der Waals surface area contributed by atoms with Crippen LogP contribution in [0.3, 0.4) is 0 Å². The molecule has 2 aliphatic heterocycles. The molecule has 2 atom stereocenters. The number of hydrogen-bond acceptors (Lipinski definition) is 5. The first-order valence-corrected chi connectivity index (χ1v) is 11.8. The van der Waals surface area contributed by atoms with Crippen LogP contribution in [0.25, 0.3) is 5.69 Å². The van der Waals surface area contributed by atoms with Gasteiger partial charge in [0.05, 0.1) is 23.6 Å². The number of imidazole rings is 1. The van der Waals surface area contributed by atoms with Crippen molar-refractivity contribution in [3.8, 4) is 5.69 Å². The van der Waals surface area contributed by atoms with Crippen LogP contribution in [0.4, 0.5) is 10.5 Å². The quantitative estimate of drug-likeness (QED) is 0.607. The van der Waals surface area contributed by atoms with Gasteiger partial charge in [0.1, 0.15) is 11.9 Å². The van der Waals surface area contributed by atoms with Crippen molar-refractivity contribution in [1.82, 2.24) is 19.4 Å². The molecule has 2 aliphatic rings. The third kappa shape index (κ3) is 4.46. The SMILES string of the molecule is CCN1[C@H](C)CN(C(=O)N2Cc3c(C(=O)OC(C)(C)C)ncn3-c3ccc(Cl)cc32)C[C@@H]1C. The van der Waals surface area contributed by atoms with E-state index in [-0.39, 0.29) is 30.4 Å². The molecule has 0 aliphatic carbocycles. The van der Waals surface area contributed by atoms with Gasteiger partial charge in [-0.3, -0.25) is 14.4 Å². The maximum Gasteiger partial charge on any atom is 0.359 e. The molecule has 1 aromatic carbocycles. The van der Waals surface area contributed by atoms with Crippen molar-refractivity contribution in [3.63, 3.8) is 0 Å². The Hall–Kier alpha value is -2.58. The summed E-state index contributed by atoms with van der Waals surface area (Å²) in [6, 6.07) is 5.83. The topological polar surface area (TPSA) is 70.9 Å². The number of carbonyl (C=O) groups is 2. The van der Waals surface area contributed by atoms with Gasteiger partial charge in [-0.1, -0.05) is 18.5 Å². The third-order valence-corrected chi connectivity index (χ3v) is 6.46. The molecule has 178 valence electrons. The van der Waals surface area contributed by atoms with Crippen LogP contribution in [0, 0.1) is 0 Å². The lowest BCUT2D eigenvalue weighted by Gasteiger charge is -2.45. The highest BCUT2D eigenvalue weighted by Gasteiger charge is 2.37. The Bertz CT molecular complexity index is 1060. The van der Waals surface area contributed by atoms with E-state index in [1.807, 2.05) is 36.3 Å². The second kappa shape index (κ2) is 8.65. The van der Waals surface area contributed by atoms with Crippen LogP contribution < -0.4 is 4.90 Å². The number of esters is 1. The van der Waals surface area contributed by atoms with Gasteiger partial charge in [-0.05, 0) is 59.4 Å². The molecule has 0 spiro atoms. The summed E-state index contributed by atoms with van der Waals surface area (Å²) in [5, 5.41) is 0.542. The van der Waals surface area contributed by atoms with Gasteiger partial charge in [0.15, 0.2) is 5.69 Å². The van der Waals surface area contributed by atoms with Gasteiger partial charge in [0.25, 0.3) is 0 Å². The van der Waals surface area contributed by atoms with Crippen molar-refractivity contribution in [3.05, 3.63) is 40.9 Å². The maximum atomic E-state index is 13.8. The fourth-order valence-electron chi connectivity index (χ4n) is 4.86. The summed E-state index contributed by atoms with van der Waals surface area (Å²) < 4.78 is 7.41. The Morgan fingerprint density at radius 2 is 1.82 bits per heavy atom. The number of carbonyl (C=O) groups excluding carboxylic acids is 2. The summed E-state index contributed by atoms with van der Waals surface area (Å²) in [4.78, 5) is 37.0. The van der Waals surface area contributed by atoms with E-state index in [4.69, 9.17) is 16.3 Å². The number of amides is 2. The first-order chi connectivity index (χ1) is 15.5. The fraction of sp³-hybridized carbons (Fsp3) is 0.542. The lowest BCUT2D eigenvalue weighted by atomic mass is 10.1. The molecule has 0 radical (unpaired) electrons. The van der Waals surface area contributed by atoms with Crippen LogP contribution in [-0.2, 0) is 11.3 Å². The molecule has 0 bridgehead atoms. The zero-order valence-corrected chi connectivity index (χ0v) is 20.9. The van der Waals surface area contributed by atoms with Gasteiger partial charge in [0, 0.05) is 30.2 Å². The second-order valence-electron chi connectivity index (χ2n) is 9.85. The van der Waals surface area contributed by atoms with E-state index in [0.717, 1.165) is 12.2 Å². The summed E-state index contributed by atoms with van der Waals surface area (Å²) in [7, 11) is 0. The first kappa shape index (κ1) is 23.6. The number of halogens is 1. The van der Waals surface area contributed by atoms with Crippen molar-refractivity contribution in [2.45, 2.75) is 65.8 Å². The minimum absolute atomic E-state index is 0.101. The van der Waals surface area contributed by atoms with Gasteiger partial charge in [-0.15, -0.1) is 0 Å². The minimum Gasteiger partial charge on any atom is -0.455 e. The second-order valence-corrected chi connectivity index (χ2v) is 10.3. The Kier molecular flexibility index (Phi) is 6.18. The van der Waals surface area contributed by atoms with Crippen LogP contribution in [0.1, 0.15) is 57.7 Å². The highest BCUT2D eigenvalue weighted by molar-refractivity contribution is 6.31. The first-order valence-electron chi connectivity index (χ1n) is 11.4. The molecular weight excluding hydrogens is 442 g/mol. The minimum atomic E-state index is -0.644. The highest BCUT2D eigenvalue weighted by Crippen LogP contribution is 2.36. The van der Waals surface area contributed by atoms with Gasteiger partial charge >= 0.3 is 12.0 Å². The maximum absolute atomic E-state index is 13.8. The van der Waals surface area contributed by atoms with Crippen LogP contribution in [0.2, 0.25) is 5.02 Å². The molecule has 9 heteroatoms. The highest BCUT2D eigenvalue weighted by atomic mass is 35.5. The largest absolute Gasteiger partial charge is 0.455 e. The number of aromatic nitrogens is 2. The molecule has 0 N–H and O–H groups in total. The molecular formula is C24H32ClN5O3. The average Bonchev–Trinajstić information content (AvgIpc) is 3.15. The summed E-state index contributed by atoms with van der Waals surface area (Å²) in [6.45, 7) is 14.3. The Morgan fingerprint density at radius 3 is 2.42 bits per heavy atom. The molecule has 8 nitrogen and oxygen atoms in total. The molecule has 4 rings (SSSR count). The number of hydrogen-bond donors (Lipinski definition) is 0. The van der Waals surface area contributed by atoms with Crippen LogP contribution in [-0.4, -0.2) is 68.7 Å². The zero-order valence-electron chi connectivity index (χ0n) is 20.1. The Labute approximate surface area is 200 Å². The molecule has 2 aromatic rings. The summed E-state index contributed by atoms with van der Waals surface area (Å²) in [6.07, 6.45) is 1.60. The predicted octanol–water partition coefficient (Wildman–Crippen LogP) is 4.34. The molecule has 1 saturated heterocycles. The van der Waals surface area contributed by atoms with Gasteiger partial charge in [-0.25, -0.2) is 14.6 Å². The van der Waals surface area contributed by atoms with Crippen molar-refractivity contribution in [2.75, 3.05) is 24.5 Å². The van der Waals surface area contributed by atoms with E-state index in [1.165, 1.54) is 0 Å². The number of urea groups is 1. The van der Waals surface area contributed by atoms with E-state index in [1.54, 1.807) is 23.4 Å². The smallest absolute Gasteiger partial charge is 0.359 e. The predicted molar refractivity (Wildman–Crippen MR) is 128 cm³/mol. The van der Waals surface area contributed by atoms with Crippen LogP contribution in [0.5, 0.6) is 0 Å². The number of fused-ring (bicyclic) bond motifs is 3. The van der Waals surface area contributed by atoms with Gasteiger partial charge in [-0.2, -0.15) is 0 Å². The number of ether oxygens (including phenoxy) is 1. The monoisotopic (exact) mass is 473 g/mol. The van der Waals surface area contributed by atoms with E-state index in [0.29, 0.717) is 29.5 Å². The number of piperazine rings is 1. The summed E-state index contributed by atoms with van der Waals surface area (Å²) in [5.41, 5.74) is 1.66. The lowest BCUT2D eigenvalue weighted by molar-refractivity contribution is 0.00619. The van der Waals surface area contributed by atoms with E-state index in [2.05, 4.69) is 30.7 Å². The van der Waals surface area contributed by atoms with Crippen LogP contribution >= 0.6 is 11.6 Å². The third-order valence-electron chi connectivity index (χ3n) is 6.22. The van der Waals surface area contributed by atoms with Crippen molar-refractivity contribution in [1.29, 1.82) is 0 Å². The van der Waals surface area contributed by atoms with E-state index < -0.39 is 11.6 Å². The fourth-order valence-corrected chi connectivity index (χ4v) is 5.02. The summed E-state index contributed by atoms with van der Waals surface area (Å²) in [5.74, 6) is -0.500. The number of anilines is 1. The molecule has 0 saturated carbocycles. The molecule has 33 heavy (non-hydrogen) atoms. The van der Waals surface area contributed by atoms with Crippen molar-refractivity contribution in [2.24, 2.45) is 0 Å². The van der Waals surface area contributed by atoms with Crippen molar-refractivity contribution < 1.29 is 14.3 Å². The standard InChI is InChI=1S/C24H32ClN5O3/c1-7-28-15(2)11-27(12-16(28)3)23(32)29-13-20-21(22(31)33-24(4,5)6)26-14-30(20)18-9-8-17(25)10-19(18)29/h8-10,14-16H,7,11-13H2,1-6H3/t15-,16+. The normalized spacial score (nSPS) is 20.9. The Balaban J connectivity index is 1.71. The number of rotatable bonds is 2. The zero-order chi connectivity index (χ0) is 24.1. The molecule has 1 fully saturated rings. The summed E-state index contributed by atoms with van der Waals surface area (Å²) >= 11 is 6.31. The molecule has 2 amide bonds.